The fraction of sp³-hybridized carbons (Fsp3) is 0.286. The van der Waals surface area contributed by atoms with Gasteiger partial charge in [0.05, 0.1) is 11.3 Å². The van der Waals surface area contributed by atoms with Gasteiger partial charge in [0.15, 0.2) is 9.84 Å². The molecule has 0 amide bonds. The van der Waals surface area contributed by atoms with Crippen LogP contribution < -0.4 is 0 Å². The van der Waals surface area contributed by atoms with Gasteiger partial charge in [0.2, 0.25) is 0 Å². The van der Waals surface area contributed by atoms with E-state index in [1.54, 1.807) is 17.5 Å². The van der Waals surface area contributed by atoms with Gasteiger partial charge in [-0.2, -0.15) is 13.2 Å². The quantitative estimate of drug-likeness (QED) is 0.769. The second-order valence-corrected chi connectivity index (χ2v) is 9.40. The predicted octanol–water partition coefficient (Wildman–Crippen LogP) is 4.78. The Hall–Kier alpha value is -0.990. The highest BCUT2D eigenvalue weighted by Gasteiger charge is 2.33. The maximum atomic E-state index is 12.8. The second kappa shape index (κ2) is 5.58. The lowest BCUT2D eigenvalue weighted by atomic mass is 10.2. The zero-order chi connectivity index (χ0) is 16.0. The minimum Gasteiger partial charge on any atom is -0.223 e. The van der Waals surface area contributed by atoms with Crippen LogP contribution >= 0.6 is 23.1 Å². The van der Waals surface area contributed by atoms with Crippen molar-refractivity contribution < 1.29 is 21.6 Å². The summed E-state index contributed by atoms with van der Waals surface area (Å²) in [6.07, 6.45) is -3.97. The number of rotatable bonds is 2. The number of thiophene rings is 1. The lowest BCUT2D eigenvalue weighted by Gasteiger charge is -2.22. The lowest BCUT2D eigenvalue weighted by Crippen LogP contribution is -2.16. The van der Waals surface area contributed by atoms with E-state index in [-0.39, 0.29) is 11.0 Å². The van der Waals surface area contributed by atoms with Gasteiger partial charge in [-0.3, -0.25) is 0 Å². The molecule has 8 heteroatoms. The Morgan fingerprint density at radius 2 is 2.00 bits per heavy atom. The summed E-state index contributed by atoms with van der Waals surface area (Å²) in [6.45, 7) is 0. The Labute approximate surface area is 134 Å². The molecular formula is C14H11F3O2S3. The van der Waals surface area contributed by atoms with Crippen molar-refractivity contribution in [1.29, 1.82) is 0 Å². The highest BCUT2D eigenvalue weighted by Crippen LogP contribution is 2.46. The molecule has 0 spiro atoms. The average molecular weight is 364 g/mol. The predicted molar refractivity (Wildman–Crippen MR) is 81.0 cm³/mol. The van der Waals surface area contributed by atoms with Crippen molar-refractivity contribution in [2.45, 2.75) is 27.0 Å². The number of fused-ring (bicyclic) bond motifs is 1. The van der Waals surface area contributed by atoms with E-state index < -0.39 is 21.6 Å². The zero-order valence-electron chi connectivity index (χ0n) is 11.1. The molecule has 2 nitrogen and oxygen atoms in total. The summed E-state index contributed by atoms with van der Waals surface area (Å²) in [6, 6.07) is 6.89. The first-order valence-corrected chi connectivity index (χ1v) is 9.82. The molecule has 0 aliphatic carbocycles. The number of hydrogen-bond acceptors (Lipinski definition) is 4. The van der Waals surface area contributed by atoms with Gasteiger partial charge in [0.1, 0.15) is 4.21 Å². The van der Waals surface area contributed by atoms with Crippen LogP contribution in [0.3, 0.4) is 0 Å². The highest BCUT2D eigenvalue weighted by atomic mass is 32.2. The highest BCUT2D eigenvalue weighted by molar-refractivity contribution is 8.00. The Morgan fingerprint density at radius 1 is 1.23 bits per heavy atom. The molecule has 0 unspecified atom stereocenters. The molecule has 0 bridgehead atoms. The van der Waals surface area contributed by atoms with Gasteiger partial charge in [0.25, 0.3) is 0 Å². The van der Waals surface area contributed by atoms with Crippen molar-refractivity contribution >= 4 is 32.9 Å². The number of halogens is 3. The summed E-state index contributed by atoms with van der Waals surface area (Å²) in [5.41, 5.74) is 0.0186. The Bertz CT molecular complexity index is 794. The van der Waals surface area contributed by atoms with Crippen LogP contribution in [0.15, 0.2) is 44.8 Å². The number of hydrogen-bond donors (Lipinski definition) is 0. The van der Waals surface area contributed by atoms with E-state index >= 15 is 0 Å². The molecule has 22 heavy (non-hydrogen) atoms. The third kappa shape index (κ3) is 3.04. The van der Waals surface area contributed by atoms with Crippen molar-refractivity contribution in [2.75, 3.05) is 5.75 Å². The molecule has 1 aliphatic rings. The van der Waals surface area contributed by atoms with Gasteiger partial charge in [-0.05, 0) is 41.6 Å². The van der Waals surface area contributed by atoms with Gasteiger partial charge in [-0.1, -0.05) is 6.07 Å². The van der Waals surface area contributed by atoms with Crippen LogP contribution in [0.1, 0.15) is 22.8 Å². The van der Waals surface area contributed by atoms with Crippen LogP contribution in [0.2, 0.25) is 0 Å². The summed E-state index contributed by atoms with van der Waals surface area (Å²) in [5.74, 6) is 0.0388. The van der Waals surface area contributed by atoms with Crippen LogP contribution in [-0.4, -0.2) is 14.2 Å². The molecule has 2 heterocycles. The van der Waals surface area contributed by atoms with Crippen molar-refractivity contribution in [3.63, 3.8) is 0 Å². The summed E-state index contributed by atoms with van der Waals surface area (Å²) in [4.78, 5) is 0.497. The molecule has 1 atom stereocenters. The Balaban J connectivity index is 1.90. The molecular weight excluding hydrogens is 353 g/mol. The molecule has 0 fully saturated rings. The first-order valence-electron chi connectivity index (χ1n) is 6.41. The summed E-state index contributed by atoms with van der Waals surface area (Å²) in [5, 5.41) is 1.58. The zero-order valence-corrected chi connectivity index (χ0v) is 13.6. The molecule has 0 radical (unpaired) electrons. The van der Waals surface area contributed by atoms with E-state index in [1.807, 2.05) is 0 Å². The van der Waals surface area contributed by atoms with E-state index in [9.17, 15) is 21.6 Å². The third-order valence-electron chi connectivity index (χ3n) is 3.38. The molecule has 0 saturated heterocycles. The van der Waals surface area contributed by atoms with Crippen molar-refractivity contribution in [3.05, 3.63) is 46.8 Å². The number of alkyl halides is 3. The monoisotopic (exact) mass is 364 g/mol. The minimum atomic E-state index is -4.37. The summed E-state index contributed by atoms with van der Waals surface area (Å²) in [7, 11) is -3.23. The summed E-state index contributed by atoms with van der Waals surface area (Å²) < 4.78 is 62.5. The van der Waals surface area contributed by atoms with Crippen LogP contribution in [0, 0.1) is 0 Å². The van der Waals surface area contributed by atoms with Gasteiger partial charge in [0, 0.05) is 10.1 Å². The number of thioether (sulfide) groups is 1. The molecule has 0 N–H and O–H groups in total. The van der Waals surface area contributed by atoms with Gasteiger partial charge < -0.3 is 0 Å². The molecule has 0 saturated carbocycles. The van der Waals surface area contributed by atoms with Crippen LogP contribution in [0.5, 0.6) is 0 Å². The topological polar surface area (TPSA) is 34.1 Å². The van der Waals surface area contributed by atoms with E-state index in [0.717, 1.165) is 12.1 Å². The van der Waals surface area contributed by atoms with Gasteiger partial charge in [-0.25, -0.2) is 8.42 Å². The first kappa shape index (κ1) is 15.9. The Kier molecular flexibility index (Phi) is 4.03. The molecule has 2 aromatic rings. The van der Waals surface area contributed by atoms with Crippen molar-refractivity contribution in [2.24, 2.45) is 0 Å². The maximum Gasteiger partial charge on any atom is 0.416 e. The molecule has 1 aliphatic heterocycles. The van der Waals surface area contributed by atoms with Crippen LogP contribution in [0.4, 0.5) is 13.2 Å². The van der Waals surface area contributed by atoms with E-state index in [0.29, 0.717) is 21.1 Å². The second-order valence-electron chi connectivity index (χ2n) is 4.90. The number of benzene rings is 1. The maximum absolute atomic E-state index is 12.8. The smallest absolute Gasteiger partial charge is 0.223 e. The van der Waals surface area contributed by atoms with E-state index in [2.05, 4.69) is 0 Å². The normalized spacial score (nSPS) is 20.6. The SMILES string of the molecule is O=S1(=O)CC[C@@H](Sc2cccc(C(F)(F)F)c2)c2ccsc21. The van der Waals surface area contributed by atoms with Crippen molar-refractivity contribution in [1.82, 2.24) is 0 Å². The van der Waals surface area contributed by atoms with Crippen molar-refractivity contribution in [3.8, 4) is 0 Å². The fourth-order valence-electron chi connectivity index (χ4n) is 2.34. The number of sulfone groups is 1. The molecule has 1 aromatic heterocycles. The Morgan fingerprint density at radius 3 is 2.73 bits per heavy atom. The fourth-order valence-corrected chi connectivity index (χ4v) is 6.87. The first-order chi connectivity index (χ1) is 10.3. The third-order valence-corrected chi connectivity index (χ3v) is 8.02. The van der Waals surface area contributed by atoms with Crippen LogP contribution in [-0.2, 0) is 16.0 Å². The lowest BCUT2D eigenvalue weighted by molar-refractivity contribution is -0.137. The van der Waals surface area contributed by atoms with E-state index in [1.165, 1.54) is 29.2 Å². The summed E-state index contributed by atoms with van der Waals surface area (Å²) >= 11 is 2.46. The molecule has 3 rings (SSSR count). The van der Waals surface area contributed by atoms with Gasteiger partial charge >= 0.3 is 6.18 Å². The largest absolute Gasteiger partial charge is 0.416 e. The molecule has 1 aromatic carbocycles. The standard InChI is InChI=1S/C14H11F3O2S3/c15-14(16,17)9-2-1-3-10(8-9)21-12-5-7-22(18,19)13-11(12)4-6-20-13/h1-4,6,8,12H,5,7H2/t12-/m1/s1. The average Bonchev–Trinajstić information content (AvgIpc) is 2.93. The van der Waals surface area contributed by atoms with Gasteiger partial charge in [-0.15, -0.1) is 23.1 Å². The van der Waals surface area contributed by atoms with Crippen LogP contribution in [0.25, 0.3) is 0 Å². The van der Waals surface area contributed by atoms with E-state index in [4.69, 9.17) is 0 Å². The minimum absolute atomic E-state index is 0.0388. The molecule has 118 valence electrons.